The summed E-state index contributed by atoms with van der Waals surface area (Å²) in [5.41, 5.74) is 0. The number of carbonyl (C=O) groups is 1. The second kappa shape index (κ2) is 5.28. The van der Waals surface area contributed by atoms with Crippen LogP contribution in [0.1, 0.15) is 6.92 Å². The van der Waals surface area contributed by atoms with Gasteiger partial charge in [0, 0.05) is 21.1 Å². The van der Waals surface area contributed by atoms with E-state index >= 15 is 0 Å². The molecule has 0 radical (unpaired) electrons. The molecule has 0 aliphatic carbocycles. The summed E-state index contributed by atoms with van der Waals surface area (Å²) in [5, 5.41) is 0. The van der Waals surface area contributed by atoms with E-state index in [0.29, 0.717) is 0 Å². The first-order chi connectivity index (χ1) is 6.32. The monoisotopic (exact) mass is 224 g/mol. The van der Waals surface area contributed by atoms with E-state index in [1.165, 1.54) is 21.1 Å². The molecule has 0 fully saturated rings. The fourth-order valence-corrected chi connectivity index (χ4v) is 1.57. The van der Waals surface area contributed by atoms with Crippen molar-refractivity contribution in [3.8, 4) is 0 Å². The molecule has 0 spiro atoms. The number of ether oxygens (including phenoxy) is 1. The number of nitrogens with zero attached hydrogens (tertiary/aromatic N) is 2. The molecule has 0 aliphatic rings. The maximum absolute atomic E-state index is 11.4. The Hall–Kier alpha value is -0.660. The van der Waals surface area contributed by atoms with Gasteiger partial charge in [0.05, 0.1) is 6.61 Å². The van der Waals surface area contributed by atoms with E-state index in [0.717, 1.165) is 8.61 Å². The van der Waals surface area contributed by atoms with Gasteiger partial charge in [-0.15, -0.1) is 0 Å². The average Bonchev–Trinajstić information content (AvgIpc) is 2.03. The molecule has 0 unspecified atom stereocenters. The van der Waals surface area contributed by atoms with Gasteiger partial charge < -0.3 is 4.74 Å². The number of hydrogen-bond donors (Lipinski definition) is 0. The number of rotatable bonds is 5. The Labute approximate surface area is 84.6 Å². The van der Waals surface area contributed by atoms with Crippen LogP contribution < -0.4 is 0 Å². The Balaban J connectivity index is 4.35. The molecular formula is C7H16N2O4S. The van der Waals surface area contributed by atoms with Crippen LogP contribution in [-0.4, -0.2) is 57.3 Å². The lowest BCUT2D eigenvalue weighted by atomic mass is 10.6. The topological polar surface area (TPSA) is 66.9 Å². The van der Waals surface area contributed by atoms with Crippen LogP contribution >= 0.6 is 0 Å². The van der Waals surface area contributed by atoms with Crippen molar-refractivity contribution < 1.29 is 17.9 Å². The van der Waals surface area contributed by atoms with Crippen LogP contribution in [0.5, 0.6) is 0 Å². The van der Waals surface area contributed by atoms with E-state index in [9.17, 15) is 13.2 Å². The molecule has 0 saturated heterocycles. The van der Waals surface area contributed by atoms with E-state index in [1.54, 1.807) is 6.92 Å². The van der Waals surface area contributed by atoms with Crippen molar-refractivity contribution in [2.24, 2.45) is 0 Å². The van der Waals surface area contributed by atoms with Gasteiger partial charge in [-0.1, -0.05) is 0 Å². The Morgan fingerprint density at radius 1 is 1.29 bits per heavy atom. The molecule has 0 N–H and O–H groups in total. The van der Waals surface area contributed by atoms with Crippen LogP contribution in [0.25, 0.3) is 0 Å². The molecule has 0 aromatic rings. The van der Waals surface area contributed by atoms with Crippen LogP contribution in [0.4, 0.5) is 0 Å². The second-order valence-corrected chi connectivity index (χ2v) is 5.10. The van der Waals surface area contributed by atoms with E-state index in [-0.39, 0.29) is 13.2 Å². The normalized spacial score (nSPS) is 12.1. The van der Waals surface area contributed by atoms with Gasteiger partial charge in [-0.25, -0.2) is 0 Å². The first kappa shape index (κ1) is 13.3. The average molecular weight is 224 g/mol. The number of carbonyl (C=O) groups excluding carboxylic acids is 1. The predicted octanol–water partition coefficient (Wildman–Crippen LogP) is -0.712. The zero-order chi connectivity index (χ0) is 11.4. The van der Waals surface area contributed by atoms with E-state index in [4.69, 9.17) is 0 Å². The molecule has 0 heterocycles. The third-order valence-corrected chi connectivity index (χ3v) is 3.35. The highest BCUT2D eigenvalue weighted by molar-refractivity contribution is 7.86. The summed E-state index contributed by atoms with van der Waals surface area (Å²) < 4.78 is 29.4. The molecule has 0 saturated carbocycles. The van der Waals surface area contributed by atoms with Gasteiger partial charge in [0.25, 0.3) is 10.2 Å². The van der Waals surface area contributed by atoms with Crippen molar-refractivity contribution in [2.45, 2.75) is 6.92 Å². The minimum Gasteiger partial charge on any atom is -0.465 e. The number of likely N-dealkylation sites (N-methyl/N-ethyl adjacent to an activating group) is 1. The largest absolute Gasteiger partial charge is 0.465 e. The Morgan fingerprint density at radius 2 is 1.79 bits per heavy atom. The fraction of sp³-hybridized carbons (Fsp3) is 0.857. The Kier molecular flexibility index (Phi) is 5.03. The molecular weight excluding hydrogens is 208 g/mol. The maximum atomic E-state index is 11.4. The maximum Gasteiger partial charge on any atom is 0.321 e. The van der Waals surface area contributed by atoms with Crippen LogP contribution in [-0.2, 0) is 19.7 Å². The molecule has 0 aliphatic heterocycles. The molecule has 14 heavy (non-hydrogen) atoms. The van der Waals surface area contributed by atoms with Crippen LogP contribution in [0.15, 0.2) is 0 Å². The third kappa shape index (κ3) is 3.60. The SMILES string of the molecule is CCOC(=O)CN(C)S(=O)(=O)N(C)C. The summed E-state index contributed by atoms with van der Waals surface area (Å²) in [6.45, 7) is 1.64. The third-order valence-electron chi connectivity index (χ3n) is 1.51. The minimum absolute atomic E-state index is 0.245. The summed E-state index contributed by atoms with van der Waals surface area (Å²) in [5.74, 6) is -0.555. The second-order valence-electron chi connectivity index (χ2n) is 2.85. The van der Waals surface area contributed by atoms with Crippen molar-refractivity contribution in [3.63, 3.8) is 0 Å². The fourth-order valence-electron chi connectivity index (χ4n) is 0.749. The molecule has 0 bridgehead atoms. The smallest absolute Gasteiger partial charge is 0.321 e. The molecule has 0 atom stereocenters. The Bertz CT molecular complexity index is 286. The minimum atomic E-state index is -3.52. The number of esters is 1. The summed E-state index contributed by atoms with van der Waals surface area (Å²) in [4.78, 5) is 11.0. The molecule has 7 heteroatoms. The summed E-state index contributed by atoms with van der Waals surface area (Å²) >= 11 is 0. The van der Waals surface area contributed by atoms with Crippen LogP contribution in [0.3, 0.4) is 0 Å². The number of hydrogen-bond acceptors (Lipinski definition) is 4. The molecule has 0 amide bonds. The lowest BCUT2D eigenvalue weighted by Crippen LogP contribution is -2.40. The van der Waals surface area contributed by atoms with Gasteiger partial charge in [0.15, 0.2) is 0 Å². The summed E-state index contributed by atoms with van der Waals surface area (Å²) in [6, 6.07) is 0. The summed E-state index contributed by atoms with van der Waals surface area (Å²) in [6.07, 6.45) is 0. The van der Waals surface area contributed by atoms with E-state index in [1.807, 2.05) is 0 Å². The van der Waals surface area contributed by atoms with Gasteiger partial charge >= 0.3 is 5.97 Å². The van der Waals surface area contributed by atoms with Crippen molar-refractivity contribution in [2.75, 3.05) is 34.3 Å². The zero-order valence-corrected chi connectivity index (χ0v) is 9.67. The zero-order valence-electron chi connectivity index (χ0n) is 8.85. The first-order valence-electron chi connectivity index (χ1n) is 4.11. The molecule has 0 aromatic heterocycles. The predicted molar refractivity (Wildman–Crippen MR) is 51.9 cm³/mol. The van der Waals surface area contributed by atoms with Crippen molar-refractivity contribution in [1.29, 1.82) is 0 Å². The highest BCUT2D eigenvalue weighted by atomic mass is 32.2. The van der Waals surface area contributed by atoms with Crippen molar-refractivity contribution in [1.82, 2.24) is 8.61 Å². The summed E-state index contributed by atoms with van der Waals surface area (Å²) in [7, 11) is 0.601. The quantitative estimate of drug-likeness (QED) is 0.578. The van der Waals surface area contributed by atoms with Gasteiger partial charge in [0.1, 0.15) is 6.54 Å². The van der Waals surface area contributed by atoms with Gasteiger partial charge in [-0.2, -0.15) is 17.0 Å². The highest BCUT2D eigenvalue weighted by Crippen LogP contribution is 2.00. The first-order valence-corrected chi connectivity index (χ1v) is 5.51. The molecule has 0 rings (SSSR count). The molecule has 84 valence electrons. The standard InChI is InChI=1S/C7H16N2O4S/c1-5-13-7(10)6-9(4)14(11,12)8(2)3/h5-6H2,1-4H3. The van der Waals surface area contributed by atoms with Crippen molar-refractivity contribution in [3.05, 3.63) is 0 Å². The van der Waals surface area contributed by atoms with Gasteiger partial charge in [0.2, 0.25) is 0 Å². The molecule has 6 nitrogen and oxygen atoms in total. The van der Waals surface area contributed by atoms with E-state index < -0.39 is 16.2 Å². The Morgan fingerprint density at radius 3 is 2.14 bits per heavy atom. The van der Waals surface area contributed by atoms with Crippen LogP contribution in [0, 0.1) is 0 Å². The van der Waals surface area contributed by atoms with Crippen molar-refractivity contribution >= 4 is 16.2 Å². The molecule has 0 aromatic carbocycles. The van der Waals surface area contributed by atoms with E-state index in [2.05, 4.69) is 4.74 Å². The van der Waals surface area contributed by atoms with Gasteiger partial charge in [-0.05, 0) is 6.92 Å². The van der Waals surface area contributed by atoms with Gasteiger partial charge in [-0.3, -0.25) is 4.79 Å². The van der Waals surface area contributed by atoms with Crippen LogP contribution in [0.2, 0.25) is 0 Å². The lowest BCUT2D eigenvalue weighted by molar-refractivity contribution is -0.143. The highest BCUT2D eigenvalue weighted by Gasteiger charge is 2.22. The lowest BCUT2D eigenvalue weighted by Gasteiger charge is -2.20.